The Kier molecular flexibility index (Phi) is 4.55. The highest BCUT2D eigenvalue weighted by molar-refractivity contribution is 6.29. The zero-order chi connectivity index (χ0) is 15.4. The van der Waals surface area contributed by atoms with Crippen LogP contribution >= 0.6 is 11.6 Å². The number of hydrogen-bond acceptors (Lipinski definition) is 7. The van der Waals surface area contributed by atoms with Crippen molar-refractivity contribution in [1.29, 1.82) is 0 Å². The fraction of sp³-hybridized carbons (Fsp3) is 0.357. The molecule has 0 atom stereocenters. The molecule has 3 heterocycles. The van der Waals surface area contributed by atoms with E-state index in [-0.39, 0.29) is 5.95 Å². The average Bonchev–Trinajstić information content (AvgIpc) is 2.53. The van der Waals surface area contributed by atoms with Gasteiger partial charge in [0, 0.05) is 37.5 Å². The summed E-state index contributed by atoms with van der Waals surface area (Å²) in [5.41, 5.74) is 6.68. The maximum absolute atomic E-state index is 5.88. The van der Waals surface area contributed by atoms with E-state index >= 15 is 0 Å². The molecule has 1 fully saturated rings. The van der Waals surface area contributed by atoms with Crippen molar-refractivity contribution >= 4 is 29.2 Å². The Morgan fingerprint density at radius 3 is 2.91 bits per heavy atom. The van der Waals surface area contributed by atoms with Crippen molar-refractivity contribution in [1.82, 2.24) is 15.0 Å². The van der Waals surface area contributed by atoms with Gasteiger partial charge in [-0.05, 0) is 6.07 Å². The van der Waals surface area contributed by atoms with Crippen LogP contribution in [0.2, 0.25) is 5.15 Å². The standard InChI is InChI=1S/C14H17ClN6O/c15-11-8-12(20-14(16)19-11)18-9-10-2-1-3-17-13(10)21-4-6-22-7-5-21/h1-3,8H,4-7,9H2,(H3,16,18,19,20). The van der Waals surface area contributed by atoms with Gasteiger partial charge >= 0.3 is 0 Å². The lowest BCUT2D eigenvalue weighted by Gasteiger charge is -2.29. The van der Waals surface area contributed by atoms with Gasteiger partial charge in [0.05, 0.1) is 13.2 Å². The second-order valence-electron chi connectivity index (χ2n) is 4.87. The van der Waals surface area contributed by atoms with Crippen molar-refractivity contribution in [2.75, 3.05) is 42.3 Å². The predicted molar refractivity (Wildman–Crippen MR) is 86.1 cm³/mol. The molecule has 0 aliphatic carbocycles. The largest absolute Gasteiger partial charge is 0.378 e. The van der Waals surface area contributed by atoms with Crippen LogP contribution in [-0.2, 0) is 11.3 Å². The van der Waals surface area contributed by atoms with Crippen molar-refractivity contribution in [2.45, 2.75) is 6.54 Å². The van der Waals surface area contributed by atoms with E-state index in [0.717, 1.165) is 37.7 Å². The number of nitrogens with zero attached hydrogens (tertiary/aromatic N) is 4. The summed E-state index contributed by atoms with van der Waals surface area (Å²) in [4.78, 5) is 14.7. The molecule has 0 radical (unpaired) electrons. The highest BCUT2D eigenvalue weighted by Gasteiger charge is 2.15. The van der Waals surface area contributed by atoms with Gasteiger partial charge in [-0.3, -0.25) is 0 Å². The van der Waals surface area contributed by atoms with Gasteiger partial charge < -0.3 is 20.7 Å². The number of rotatable bonds is 4. The van der Waals surface area contributed by atoms with E-state index in [1.54, 1.807) is 12.3 Å². The maximum atomic E-state index is 5.88. The van der Waals surface area contributed by atoms with Gasteiger partial charge in [-0.25, -0.2) is 9.97 Å². The van der Waals surface area contributed by atoms with Crippen LogP contribution in [0.1, 0.15) is 5.56 Å². The topological polar surface area (TPSA) is 89.2 Å². The summed E-state index contributed by atoms with van der Waals surface area (Å²) in [6.07, 6.45) is 1.80. The monoisotopic (exact) mass is 320 g/mol. The van der Waals surface area contributed by atoms with Crippen molar-refractivity contribution in [3.8, 4) is 0 Å². The van der Waals surface area contributed by atoms with Crippen LogP contribution in [-0.4, -0.2) is 41.3 Å². The predicted octanol–water partition coefficient (Wildman–Crippen LogP) is 1.56. The molecule has 8 heteroatoms. The quantitative estimate of drug-likeness (QED) is 0.826. The minimum atomic E-state index is 0.148. The molecular weight excluding hydrogens is 304 g/mol. The lowest BCUT2D eigenvalue weighted by Crippen LogP contribution is -2.37. The van der Waals surface area contributed by atoms with E-state index in [1.807, 2.05) is 12.1 Å². The highest BCUT2D eigenvalue weighted by Crippen LogP contribution is 2.20. The van der Waals surface area contributed by atoms with E-state index in [0.29, 0.717) is 17.5 Å². The molecule has 0 saturated carbocycles. The van der Waals surface area contributed by atoms with Crippen molar-refractivity contribution < 1.29 is 4.74 Å². The second-order valence-corrected chi connectivity index (χ2v) is 5.26. The Labute approximate surface area is 133 Å². The summed E-state index contributed by atoms with van der Waals surface area (Å²) < 4.78 is 5.39. The average molecular weight is 321 g/mol. The summed E-state index contributed by atoms with van der Waals surface area (Å²) in [7, 11) is 0. The molecule has 0 spiro atoms. The molecule has 0 amide bonds. The molecule has 116 valence electrons. The minimum absolute atomic E-state index is 0.148. The summed E-state index contributed by atoms with van der Waals surface area (Å²) in [6.45, 7) is 3.71. The van der Waals surface area contributed by atoms with E-state index in [1.165, 1.54) is 0 Å². The molecule has 1 aliphatic rings. The SMILES string of the molecule is Nc1nc(Cl)cc(NCc2cccnc2N2CCOCC2)n1. The van der Waals surface area contributed by atoms with Gasteiger partial charge in [-0.2, -0.15) is 4.98 Å². The Morgan fingerprint density at radius 2 is 2.14 bits per heavy atom. The minimum Gasteiger partial charge on any atom is -0.378 e. The van der Waals surface area contributed by atoms with Gasteiger partial charge in [0.25, 0.3) is 0 Å². The number of nitrogen functional groups attached to an aromatic ring is 1. The molecular formula is C14H17ClN6O. The third-order valence-corrected chi connectivity index (χ3v) is 3.54. The molecule has 2 aromatic heterocycles. The molecule has 0 bridgehead atoms. The molecule has 3 rings (SSSR count). The molecule has 1 saturated heterocycles. The first-order chi connectivity index (χ1) is 10.7. The maximum Gasteiger partial charge on any atom is 0.223 e. The number of anilines is 3. The zero-order valence-corrected chi connectivity index (χ0v) is 12.8. The van der Waals surface area contributed by atoms with Crippen LogP contribution in [0.4, 0.5) is 17.6 Å². The molecule has 3 N–H and O–H groups in total. The number of pyridine rings is 1. The first kappa shape index (κ1) is 14.8. The Morgan fingerprint density at radius 1 is 1.32 bits per heavy atom. The third-order valence-electron chi connectivity index (χ3n) is 3.35. The van der Waals surface area contributed by atoms with Crippen molar-refractivity contribution in [3.63, 3.8) is 0 Å². The van der Waals surface area contributed by atoms with Crippen LogP contribution in [0.3, 0.4) is 0 Å². The number of nitrogens with one attached hydrogen (secondary N) is 1. The van der Waals surface area contributed by atoms with Gasteiger partial charge in [-0.15, -0.1) is 0 Å². The highest BCUT2D eigenvalue weighted by atomic mass is 35.5. The summed E-state index contributed by atoms with van der Waals surface area (Å²) in [5, 5.41) is 3.52. The van der Waals surface area contributed by atoms with Crippen molar-refractivity contribution in [2.24, 2.45) is 0 Å². The fourth-order valence-electron chi connectivity index (χ4n) is 2.34. The number of morpholine rings is 1. The van der Waals surface area contributed by atoms with Gasteiger partial charge in [0.15, 0.2) is 0 Å². The number of hydrogen-bond donors (Lipinski definition) is 2. The third kappa shape index (κ3) is 3.55. The lowest BCUT2D eigenvalue weighted by atomic mass is 10.2. The van der Waals surface area contributed by atoms with Crippen LogP contribution in [0, 0.1) is 0 Å². The molecule has 1 aliphatic heterocycles. The van der Waals surface area contributed by atoms with Crippen LogP contribution in [0.15, 0.2) is 24.4 Å². The molecule has 7 nitrogen and oxygen atoms in total. The van der Waals surface area contributed by atoms with Crippen LogP contribution < -0.4 is 16.0 Å². The first-order valence-corrected chi connectivity index (χ1v) is 7.41. The molecule has 2 aromatic rings. The summed E-state index contributed by atoms with van der Waals surface area (Å²) in [5.74, 6) is 1.70. The number of ether oxygens (including phenoxy) is 1. The van der Waals surface area contributed by atoms with Gasteiger partial charge in [0.1, 0.15) is 16.8 Å². The summed E-state index contributed by atoms with van der Waals surface area (Å²) >= 11 is 5.88. The molecule has 0 unspecified atom stereocenters. The second kappa shape index (κ2) is 6.76. The van der Waals surface area contributed by atoms with Gasteiger partial charge in [-0.1, -0.05) is 17.7 Å². The van der Waals surface area contributed by atoms with E-state index < -0.39 is 0 Å². The van der Waals surface area contributed by atoms with Crippen molar-refractivity contribution in [3.05, 3.63) is 35.1 Å². The van der Waals surface area contributed by atoms with E-state index in [2.05, 4.69) is 25.2 Å². The van der Waals surface area contributed by atoms with Crippen LogP contribution in [0.25, 0.3) is 0 Å². The fourth-order valence-corrected chi connectivity index (χ4v) is 2.53. The molecule has 22 heavy (non-hydrogen) atoms. The van der Waals surface area contributed by atoms with Crippen LogP contribution in [0.5, 0.6) is 0 Å². The lowest BCUT2D eigenvalue weighted by molar-refractivity contribution is 0.122. The van der Waals surface area contributed by atoms with E-state index in [4.69, 9.17) is 22.1 Å². The van der Waals surface area contributed by atoms with E-state index in [9.17, 15) is 0 Å². The zero-order valence-electron chi connectivity index (χ0n) is 12.0. The molecule has 0 aromatic carbocycles. The summed E-state index contributed by atoms with van der Waals surface area (Å²) in [6, 6.07) is 5.60. The Balaban J connectivity index is 1.74. The number of aromatic nitrogens is 3. The normalized spacial score (nSPS) is 14.9. The Bertz CT molecular complexity index is 627. The Hall–Kier alpha value is -2.12. The smallest absolute Gasteiger partial charge is 0.223 e. The number of nitrogens with two attached hydrogens (primary N) is 1. The van der Waals surface area contributed by atoms with Gasteiger partial charge in [0.2, 0.25) is 5.95 Å². The number of halogens is 1. The first-order valence-electron chi connectivity index (χ1n) is 7.03.